The van der Waals surface area contributed by atoms with Crippen LogP contribution >= 0.6 is 0 Å². The van der Waals surface area contributed by atoms with Crippen molar-refractivity contribution in [3.05, 3.63) is 11.3 Å². The summed E-state index contributed by atoms with van der Waals surface area (Å²) >= 11 is 0. The molecule has 1 aromatic rings. The van der Waals surface area contributed by atoms with Gasteiger partial charge in [0.25, 0.3) is 0 Å². The average Bonchev–Trinajstić information content (AvgIpc) is 2.92. The Morgan fingerprint density at radius 3 is 2.93 bits per heavy atom. The van der Waals surface area contributed by atoms with E-state index in [-0.39, 0.29) is 0 Å². The molecule has 0 radical (unpaired) electrons. The summed E-state index contributed by atoms with van der Waals surface area (Å²) < 4.78 is 0. The van der Waals surface area contributed by atoms with Crippen molar-refractivity contribution in [1.29, 1.82) is 0 Å². The zero-order valence-electron chi connectivity index (χ0n) is 7.92. The lowest BCUT2D eigenvalue weighted by Crippen LogP contribution is -2.19. The molecule has 1 heterocycles. The number of nitrogens with one attached hydrogen (secondary N) is 1. The first-order chi connectivity index (χ1) is 6.75. The summed E-state index contributed by atoms with van der Waals surface area (Å²) in [5, 5.41) is 6.87. The van der Waals surface area contributed by atoms with Gasteiger partial charge in [-0.3, -0.25) is 9.89 Å². The molecule has 1 atom stereocenters. The van der Waals surface area contributed by atoms with Gasteiger partial charge >= 0.3 is 0 Å². The second-order valence-electron chi connectivity index (χ2n) is 4.36. The van der Waals surface area contributed by atoms with Crippen LogP contribution in [0, 0.1) is 5.92 Å². The number of Topliss-reactive ketones (excluding diaryl/α,β-unsaturated/α-hetero) is 1. The number of hydrogen-bond donors (Lipinski definition) is 2. The molecule has 3 rings (SSSR count). The van der Waals surface area contributed by atoms with Crippen molar-refractivity contribution in [2.24, 2.45) is 5.92 Å². The molecule has 14 heavy (non-hydrogen) atoms. The van der Waals surface area contributed by atoms with E-state index in [9.17, 15) is 4.79 Å². The smallest absolute Gasteiger partial charge is 0.148 e. The van der Waals surface area contributed by atoms with Gasteiger partial charge in [0.05, 0.1) is 0 Å². The van der Waals surface area contributed by atoms with Crippen molar-refractivity contribution in [3.8, 4) is 0 Å². The van der Waals surface area contributed by atoms with Gasteiger partial charge in [-0.05, 0) is 24.7 Å². The van der Waals surface area contributed by atoms with Crippen molar-refractivity contribution in [3.63, 3.8) is 0 Å². The largest absolute Gasteiger partial charge is 0.382 e. The third-order valence-corrected chi connectivity index (χ3v) is 3.30. The molecule has 4 heteroatoms. The Morgan fingerprint density at radius 1 is 1.43 bits per heavy atom. The molecule has 2 aliphatic rings. The van der Waals surface area contributed by atoms with E-state index in [1.54, 1.807) is 0 Å². The third kappa shape index (κ3) is 1.06. The van der Waals surface area contributed by atoms with Crippen LogP contribution in [0.1, 0.15) is 36.4 Å². The fourth-order valence-electron chi connectivity index (χ4n) is 2.47. The van der Waals surface area contributed by atoms with Crippen LogP contribution in [0.25, 0.3) is 0 Å². The van der Waals surface area contributed by atoms with Crippen molar-refractivity contribution >= 4 is 11.6 Å². The molecule has 0 amide bonds. The number of nitrogens with two attached hydrogens (primary N) is 1. The minimum atomic E-state index is 0.318. The SMILES string of the molecule is Nc1n[nH]c2c1C(C1CC1)CC(=O)C2. The molecule has 0 aromatic carbocycles. The number of aromatic amines is 1. The fraction of sp³-hybridized carbons (Fsp3) is 0.600. The van der Waals surface area contributed by atoms with Crippen molar-refractivity contribution in [2.75, 3.05) is 5.73 Å². The molecular weight excluding hydrogens is 178 g/mol. The van der Waals surface area contributed by atoms with Crippen molar-refractivity contribution in [1.82, 2.24) is 10.2 Å². The number of fused-ring (bicyclic) bond motifs is 1. The lowest BCUT2D eigenvalue weighted by molar-refractivity contribution is -0.119. The lowest BCUT2D eigenvalue weighted by atomic mass is 9.82. The molecule has 4 nitrogen and oxygen atoms in total. The molecule has 0 aliphatic heterocycles. The predicted molar refractivity (Wildman–Crippen MR) is 51.8 cm³/mol. The maximum Gasteiger partial charge on any atom is 0.148 e. The van der Waals surface area contributed by atoms with Gasteiger partial charge in [0.15, 0.2) is 0 Å². The van der Waals surface area contributed by atoms with Gasteiger partial charge < -0.3 is 5.73 Å². The zero-order chi connectivity index (χ0) is 9.71. The molecule has 1 saturated carbocycles. The summed E-state index contributed by atoms with van der Waals surface area (Å²) in [6.07, 6.45) is 3.63. The van der Waals surface area contributed by atoms with Gasteiger partial charge in [0.2, 0.25) is 0 Å². The van der Waals surface area contributed by atoms with Crippen LogP contribution in [0.5, 0.6) is 0 Å². The van der Waals surface area contributed by atoms with Crippen molar-refractivity contribution < 1.29 is 4.79 Å². The van der Waals surface area contributed by atoms with E-state index in [2.05, 4.69) is 10.2 Å². The quantitative estimate of drug-likeness (QED) is 0.695. The van der Waals surface area contributed by atoms with Crippen LogP contribution in [0.4, 0.5) is 5.82 Å². The number of anilines is 1. The third-order valence-electron chi connectivity index (χ3n) is 3.30. The first-order valence-corrected chi connectivity index (χ1v) is 5.10. The van der Waals surface area contributed by atoms with Gasteiger partial charge in [-0.1, -0.05) is 0 Å². The Morgan fingerprint density at radius 2 is 2.21 bits per heavy atom. The molecule has 0 spiro atoms. The molecule has 1 unspecified atom stereocenters. The number of nitrogen functional groups attached to an aromatic ring is 1. The maximum absolute atomic E-state index is 11.5. The van der Waals surface area contributed by atoms with E-state index >= 15 is 0 Å². The second kappa shape index (κ2) is 2.59. The molecule has 0 saturated heterocycles. The average molecular weight is 191 g/mol. The number of nitrogens with zero attached hydrogens (tertiary/aromatic N) is 1. The molecule has 2 aliphatic carbocycles. The van der Waals surface area contributed by atoms with Crippen LogP contribution in [0.3, 0.4) is 0 Å². The Kier molecular flexibility index (Phi) is 1.48. The topological polar surface area (TPSA) is 71.8 Å². The Balaban J connectivity index is 2.06. The van der Waals surface area contributed by atoms with Gasteiger partial charge in [-0.2, -0.15) is 5.10 Å². The number of carbonyl (C=O) groups is 1. The van der Waals surface area contributed by atoms with E-state index < -0.39 is 0 Å². The summed E-state index contributed by atoms with van der Waals surface area (Å²) in [7, 11) is 0. The van der Waals surface area contributed by atoms with Gasteiger partial charge in [-0.25, -0.2) is 0 Å². The standard InChI is InChI=1S/C10H13N3O/c11-10-9-7(5-1-2-5)3-6(14)4-8(9)12-13-10/h5,7H,1-4H2,(H3,11,12,13). The minimum Gasteiger partial charge on any atom is -0.382 e. The van der Waals surface area contributed by atoms with E-state index in [0.29, 0.717) is 36.3 Å². The number of aromatic nitrogens is 2. The molecule has 74 valence electrons. The zero-order valence-corrected chi connectivity index (χ0v) is 7.92. The summed E-state index contributed by atoms with van der Waals surface area (Å²) in [6.45, 7) is 0. The van der Waals surface area contributed by atoms with Gasteiger partial charge in [0, 0.05) is 24.1 Å². The summed E-state index contributed by atoms with van der Waals surface area (Å²) in [5.74, 6) is 1.95. The summed E-state index contributed by atoms with van der Waals surface area (Å²) in [5.41, 5.74) is 7.89. The van der Waals surface area contributed by atoms with Crippen molar-refractivity contribution in [2.45, 2.75) is 31.6 Å². The highest BCUT2D eigenvalue weighted by Gasteiger charge is 2.39. The predicted octanol–water partition coefficient (Wildman–Crippen LogP) is 1.00. The molecule has 1 fully saturated rings. The number of carbonyl (C=O) groups excluding carboxylic acids is 1. The number of hydrogen-bond acceptors (Lipinski definition) is 3. The summed E-state index contributed by atoms with van der Waals surface area (Å²) in [4.78, 5) is 11.5. The lowest BCUT2D eigenvalue weighted by Gasteiger charge is -2.21. The molecule has 1 aromatic heterocycles. The Hall–Kier alpha value is -1.32. The van der Waals surface area contributed by atoms with Crippen LogP contribution in [-0.4, -0.2) is 16.0 Å². The Bertz CT molecular complexity index is 392. The number of ketones is 1. The maximum atomic E-state index is 11.5. The van der Waals surface area contributed by atoms with Crippen LogP contribution in [0.2, 0.25) is 0 Å². The van der Waals surface area contributed by atoms with Crippen LogP contribution < -0.4 is 5.73 Å². The van der Waals surface area contributed by atoms with E-state index in [1.165, 1.54) is 12.8 Å². The van der Waals surface area contributed by atoms with E-state index in [0.717, 1.165) is 11.3 Å². The monoisotopic (exact) mass is 191 g/mol. The number of rotatable bonds is 1. The van der Waals surface area contributed by atoms with Gasteiger partial charge in [0.1, 0.15) is 11.6 Å². The molecular formula is C10H13N3O. The minimum absolute atomic E-state index is 0.318. The van der Waals surface area contributed by atoms with E-state index in [1.807, 2.05) is 0 Å². The van der Waals surface area contributed by atoms with Crippen LogP contribution in [0.15, 0.2) is 0 Å². The highest BCUT2D eigenvalue weighted by Crippen LogP contribution is 2.48. The fourth-order valence-corrected chi connectivity index (χ4v) is 2.47. The normalized spacial score (nSPS) is 26.3. The first-order valence-electron chi connectivity index (χ1n) is 5.10. The molecule has 3 N–H and O–H groups in total. The first kappa shape index (κ1) is 8.03. The Labute approximate surface area is 81.9 Å². The van der Waals surface area contributed by atoms with Gasteiger partial charge in [-0.15, -0.1) is 0 Å². The second-order valence-corrected chi connectivity index (χ2v) is 4.36. The number of H-pyrrole nitrogens is 1. The summed E-state index contributed by atoms with van der Waals surface area (Å²) in [6, 6.07) is 0. The highest BCUT2D eigenvalue weighted by atomic mass is 16.1. The van der Waals surface area contributed by atoms with Crippen LogP contribution in [-0.2, 0) is 11.2 Å². The van der Waals surface area contributed by atoms with E-state index in [4.69, 9.17) is 5.73 Å². The highest BCUT2D eigenvalue weighted by molar-refractivity contribution is 5.84. The molecule has 0 bridgehead atoms.